The van der Waals surface area contributed by atoms with E-state index in [0.717, 1.165) is 38.0 Å². The number of aliphatic hydroxyl groups excluding tert-OH is 1. The van der Waals surface area contributed by atoms with Gasteiger partial charge < -0.3 is 10.4 Å². The highest BCUT2D eigenvalue weighted by Crippen LogP contribution is 2.18. The number of aliphatic hydroxyl groups is 1. The van der Waals surface area contributed by atoms with E-state index >= 15 is 0 Å². The van der Waals surface area contributed by atoms with Crippen LogP contribution in [-0.4, -0.2) is 42.8 Å². The lowest BCUT2D eigenvalue weighted by molar-refractivity contribution is 0.173. The molecule has 5 heteroatoms. The van der Waals surface area contributed by atoms with Gasteiger partial charge in [-0.05, 0) is 31.2 Å². The Kier molecular flexibility index (Phi) is 10.7. The van der Waals surface area contributed by atoms with E-state index in [0.29, 0.717) is 0 Å². The minimum Gasteiger partial charge on any atom is -0.392 e. The van der Waals surface area contributed by atoms with Gasteiger partial charge in [-0.1, -0.05) is 30.9 Å². The molecule has 1 aliphatic heterocycles. The van der Waals surface area contributed by atoms with Gasteiger partial charge in [0, 0.05) is 37.7 Å². The van der Waals surface area contributed by atoms with Crippen LogP contribution in [0.1, 0.15) is 36.9 Å². The van der Waals surface area contributed by atoms with Crippen molar-refractivity contribution in [3.8, 4) is 11.8 Å². The molecule has 0 radical (unpaired) electrons. The van der Waals surface area contributed by atoms with Gasteiger partial charge in [-0.25, -0.2) is 0 Å². The molecule has 22 heavy (non-hydrogen) atoms. The number of rotatable bonds is 4. The zero-order valence-electron chi connectivity index (χ0n) is 13.4. The molecule has 0 amide bonds. The Morgan fingerprint density at radius 3 is 2.77 bits per heavy atom. The molecule has 1 fully saturated rings. The Labute approximate surface area is 148 Å². The third-order valence-electron chi connectivity index (χ3n) is 3.74. The van der Waals surface area contributed by atoms with Crippen LogP contribution in [-0.2, 0) is 0 Å². The fraction of sp³-hybridized carbons (Fsp3) is 0.529. The summed E-state index contributed by atoms with van der Waals surface area (Å²) in [7, 11) is 1.99. The van der Waals surface area contributed by atoms with E-state index in [4.69, 9.17) is 0 Å². The van der Waals surface area contributed by atoms with Crippen molar-refractivity contribution in [1.29, 1.82) is 0 Å². The molecule has 0 bridgehead atoms. The Hall–Kier alpha value is -0.640. The molecule has 2 rings (SSSR count). The van der Waals surface area contributed by atoms with E-state index in [1.54, 1.807) is 0 Å². The maximum Gasteiger partial charge on any atom is 0.0679 e. The van der Waals surface area contributed by atoms with Crippen molar-refractivity contribution >= 4 is 27.0 Å². The molecule has 1 aromatic rings. The number of likely N-dealkylation sites (N-methyl/N-ethyl adjacent to an activating group) is 1. The first-order chi connectivity index (χ1) is 9.72. The molecule has 2 N–H and O–H groups in total. The van der Waals surface area contributed by atoms with E-state index in [2.05, 4.69) is 53.2 Å². The zero-order chi connectivity index (χ0) is 14.4. The number of nitrogens with one attached hydrogen (secondary N) is 1. The topological polar surface area (TPSA) is 35.5 Å². The molecule has 0 aromatic heterocycles. The van der Waals surface area contributed by atoms with E-state index in [-0.39, 0.29) is 39.1 Å². The third kappa shape index (κ3) is 6.23. The number of hydrogen-bond acceptors (Lipinski definition) is 3. The highest BCUT2D eigenvalue weighted by atomic mass is 32.1. The molecule has 0 saturated carbocycles. The molecule has 0 aliphatic carbocycles. The van der Waals surface area contributed by atoms with E-state index < -0.39 is 0 Å². The highest BCUT2D eigenvalue weighted by Gasteiger charge is 2.23. The first-order valence-corrected chi connectivity index (χ1v) is 7.39. The lowest BCUT2D eigenvalue weighted by Crippen LogP contribution is -2.33. The molecular formula is C17H28N2OS2. The Bertz CT molecular complexity index is 499. The summed E-state index contributed by atoms with van der Waals surface area (Å²) < 4.78 is 0. The van der Waals surface area contributed by atoms with Crippen molar-refractivity contribution in [2.24, 2.45) is 0 Å². The molecule has 3 nitrogen and oxygen atoms in total. The van der Waals surface area contributed by atoms with Crippen molar-refractivity contribution in [3.05, 3.63) is 35.4 Å². The second kappa shape index (κ2) is 11.0. The van der Waals surface area contributed by atoms with Gasteiger partial charge in [0.2, 0.25) is 0 Å². The van der Waals surface area contributed by atoms with Gasteiger partial charge in [0.1, 0.15) is 0 Å². The smallest absolute Gasteiger partial charge is 0.0679 e. The molecule has 1 saturated heterocycles. The summed E-state index contributed by atoms with van der Waals surface area (Å²) in [6, 6.07) is 8.71. The normalized spacial score (nSPS) is 18.6. The second-order valence-electron chi connectivity index (χ2n) is 5.32. The van der Waals surface area contributed by atoms with Gasteiger partial charge in [-0.15, -0.1) is 0 Å². The third-order valence-corrected chi connectivity index (χ3v) is 3.74. The monoisotopic (exact) mass is 340 g/mol. The van der Waals surface area contributed by atoms with Gasteiger partial charge in [-0.3, -0.25) is 4.90 Å². The van der Waals surface area contributed by atoms with Crippen LogP contribution in [0.25, 0.3) is 0 Å². The highest BCUT2D eigenvalue weighted by molar-refractivity contribution is 7.59. The SMILES string of the molecule is CCC#Cc1cccc(C(CN2CC[C@@H](O)C2)NC)c1.S.S. The number of β-amino-alcohol motifs (C(OH)–C–C–N with tert-alkyl or cyclic N) is 1. The van der Waals surface area contributed by atoms with Gasteiger partial charge >= 0.3 is 0 Å². The second-order valence-corrected chi connectivity index (χ2v) is 5.32. The van der Waals surface area contributed by atoms with Crippen molar-refractivity contribution < 1.29 is 5.11 Å². The molecule has 2 atom stereocenters. The van der Waals surface area contributed by atoms with Gasteiger partial charge in [-0.2, -0.15) is 27.0 Å². The predicted octanol–water partition coefficient (Wildman–Crippen LogP) is 2.00. The fourth-order valence-corrected chi connectivity index (χ4v) is 2.62. The first-order valence-electron chi connectivity index (χ1n) is 7.39. The summed E-state index contributed by atoms with van der Waals surface area (Å²) in [5.41, 5.74) is 2.34. The summed E-state index contributed by atoms with van der Waals surface area (Å²) in [6.45, 7) is 4.76. The van der Waals surface area contributed by atoms with Crippen LogP contribution in [0.5, 0.6) is 0 Å². The van der Waals surface area contributed by atoms with E-state index in [1.807, 2.05) is 7.05 Å². The van der Waals surface area contributed by atoms with Crippen molar-refractivity contribution in [2.75, 3.05) is 26.7 Å². The molecule has 1 aliphatic rings. The summed E-state index contributed by atoms with van der Waals surface area (Å²) in [5.74, 6) is 6.30. The van der Waals surface area contributed by atoms with Crippen LogP contribution in [0.3, 0.4) is 0 Å². The van der Waals surface area contributed by atoms with Crippen molar-refractivity contribution in [3.63, 3.8) is 0 Å². The number of likely N-dealkylation sites (tertiary alicyclic amines) is 1. The van der Waals surface area contributed by atoms with Crippen LogP contribution in [0.2, 0.25) is 0 Å². The minimum absolute atomic E-state index is 0. The maximum atomic E-state index is 9.62. The fourth-order valence-electron chi connectivity index (χ4n) is 2.62. The van der Waals surface area contributed by atoms with Crippen LogP contribution in [0.4, 0.5) is 0 Å². The van der Waals surface area contributed by atoms with Crippen molar-refractivity contribution in [1.82, 2.24) is 10.2 Å². The molecule has 1 heterocycles. The zero-order valence-corrected chi connectivity index (χ0v) is 15.4. The molecule has 124 valence electrons. The summed E-state index contributed by atoms with van der Waals surface area (Å²) >= 11 is 0. The first kappa shape index (κ1) is 21.4. The largest absolute Gasteiger partial charge is 0.392 e. The molecule has 1 aromatic carbocycles. The van der Waals surface area contributed by atoms with E-state index in [9.17, 15) is 5.11 Å². The van der Waals surface area contributed by atoms with Crippen LogP contribution < -0.4 is 5.32 Å². The summed E-state index contributed by atoms with van der Waals surface area (Å²) in [6.07, 6.45) is 1.61. The lowest BCUT2D eigenvalue weighted by atomic mass is 10.0. The van der Waals surface area contributed by atoms with Gasteiger partial charge in [0.15, 0.2) is 0 Å². The minimum atomic E-state index is -0.158. The predicted molar refractivity (Wildman–Crippen MR) is 103 cm³/mol. The average molecular weight is 341 g/mol. The molecule has 1 unspecified atom stereocenters. The van der Waals surface area contributed by atoms with Gasteiger partial charge in [0.25, 0.3) is 0 Å². The average Bonchev–Trinajstić information content (AvgIpc) is 2.88. The Morgan fingerprint density at radius 2 is 2.18 bits per heavy atom. The lowest BCUT2D eigenvalue weighted by Gasteiger charge is -2.23. The molecular weight excluding hydrogens is 312 g/mol. The summed E-state index contributed by atoms with van der Waals surface area (Å²) in [4.78, 5) is 2.32. The van der Waals surface area contributed by atoms with E-state index in [1.165, 1.54) is 5.56 Å². The standard InChI is InChI=1S/C17H24N2O.2H2S/c1-3-4-6-14-7-5-8-15(11-14)17(18-2)13-19-10-9-16(20)12-19;;/h5,7-8,11,16-18,20H,3,9-10,12-13H2,1-2H3;2*1H2/t16-,17?;;/m1../s1. The number of benzene rings is 1. The van der Waals surface area contributed by atoms with Crippen molar-refractivity contribution in [2.45, 2.75) is 31.9 Å². The quantitative estimate of drug-likeness (QED) is 0.823. The molecule has 0 spiro atoms. The number of hydrogen-bond donors (Lipinski definition) is 2. The Balaban J connectivity index is 0.00000220. The Morgan fingerprint density at radius 1 is 1.41 bits per heavy atom. The van der Waals surface area contributed by atoms with Gasteiger partial charge in [0.05, 0.1) is 6.10 Å². The maximum absolute atomic E-state index is 9.62. The van der Waals surface area contributed by atoms with Crippen LogP contribution >= 0.6 is 27.0 Å². The number of nitrogens with zero attached hydrogens (tertiary/aromatic N) is 1. The summed E-state index contributed by atoms with van der Waals surface area (Å²) in [5, 5.41) is 13.0. The van der Waals surface area contributed by atoms with Crippen LogP contribution in [0, 0.1) is 11.8 Å². The van der Waals surface area contributed by atoms with Crippen LogP contribution in [0.15, 0.2) is 24.3 Å².